The van der Waals surface area contributed by atoms with E-state index in [-0.39, 0.29) is 11.8 Å². The van der Waals surface area contributed by atoms with Gasteiger partial charge in [-0.3, -0.25) is 19.4 Å². The van der Waals surface area contributed by atoms with Gasteiger partial charge in [0.2, 0.25) is 5.91 Å². The SMILES string of the molecule is CC(C)CN(C)CC1CCCCN1CC(=O)N1c2ccccc2NC(=O)c2ccccc21. The molecule has 0 bridgehead atoms. The van der Waals surface area contributed by atoms with Crippen LogP contribution in [-0.2, 0) is 4.79 Å². The Morgan fingerprint density at radius 3 is 2.59 bits per heavy atom. The molecule has 0 aromatic heterocycles. The molecule has 0 spiro atoms. The van der Waals surface area contributed by atoms with Gasteiger partial charge in [-0.1, -0.05) is 44.5 Å². The number of carbonyl (C=O) groups is 2. The Bertz CT molecular complexity index is 974. The second-order valence-corrected chi connectivity index (χ2v) is 9.45. The van der Waals surface area contributed by atoms with Crippen LogP contribution in [0.25, 0.3) is 0 Å². The summed E-state index contributed by atoms with van der Waals surface area (Å²) in [4.78, 5) is 33.1. The van der Waals surface area contributed by atoms with Crippen LogP contribution >= 0.6 is 0 Å². The maximum Gasteiger partial charge on any atom is 0.257 e. The van der Waals surface area contributed by atoms with Crippen LogP contribution in [0.3, 0.4) is 0 Å². The summed E-state index contributed by atoms with van der Waals surface area (Å²) in [5.74, 6) is 0.433. The first-order valence-electron chi connectivity index (χ1n) is 11.7. The quantitative estimate of drug-likeness (QED) is 0.734. The minimum Gasteiger partial charge on any atom is -0.320 e. The van der Waals surface area contributed by atoms with Crippen molar-refractivity contribution in [3.63, 3.8) is 0 Å². The van der Waals surface area contributed by atoms with Crippen LogP contribution in [0.15, 0.2) is 48.5 Å². The molecule has 0 saturated carbocycles. The van der Waals surface area contributed by atoms with Crippen LogP contribution in [0.5, 0.6) is 0 Å². The van der Waals surface area contributed by atoms with Crippen LogP contribution in [0, 0.1) is 5.92 Å². The maximum atomic E-state index is 13.8. The molecule has 1 saturated heterocycles. The highest BCUT2D eigenvalue weighted by atomic mass is 16.2. The van der Waals surface area contributed by atoms with E-state index >= 15 is 0 Å². The van der Waals surface area contributed by atoms with Crippen LogP contribution < -0.4 is 10.2 Å². The Balaban J connectivity index is 1.61. The summed E-state index contributed by atoms with van der Waals surface area (Å²) in [7, 11) is 2.17. The average Bonchev–Trinajstić information content (AvgIpc) is 2.88. The molecule has 6 nitrogen and oxygen atoms in total. The highest BCUT2D eigenvalue weighted by Crippen LogP contribution is 2.38. The highest BCUT2D eigenvalue weighted by molar-refractivity contribution is 6.17. The fourth-order valence-electron chi connectivity index (χ4n) is 5.00. The largest absolute Gasteiger partial charge is 0.320 e. The predicted molar refractivity (Wildman–Crippen MR) is 130 cm³/mol. The number of nitrogens with one attached hydrogen (secondary N) is 1. The molecule has 2 aliphatic rings. The molecule has 6 heteroatoms. The standard InChI is InChI=1S/C26H34N4O2/c1-19(2)16-28(3)17-20-10-8-9-15-29(20)18-25(31)30-23-13-6-4-11-21(23)26(32)27-22-12-5-7-14-24(22)30/h4-7,11-14,19-20H,8-10,15-18H2,1-3H3,(H,27,32). The molecule has 32 heavy (non-hydrogen) atoms. The number of likely N-dealkylation sites (tertiary alicyclic amines) is 1. The Kier molecular flexibility index (Phi) is 6.92. The number of piperidine rings is 1. The third-order valence-electron chi connectivity index (χ3n) is 6.32. The van der Waals surface area contributed by atoms with Crippen molar-refractivity contribution in [2.24, 2.45) is 5.92 Å². The number of hydrogen-bond donors (Lipinski definition) is 1. The van der Waals surface area contributed by atoms with Crippen LogP contribution in [0.4, 0.5) is 17.1 Å². The Hall–Kier alpha value is -2.70. The van der Waals surface area contributed by atoms with E-state index in [0.717, 1.165) is 38.2 Å². The van der Waals surface area contributed by atoms with E-state index in [0.29, 0.717) is 35.4 Å². The number of amides is 2. The average molecular weight is 435 g/mol. The van der Waals surface area contributed by atoms with Gasteiger partial charge in [0.25, 0.3) is 5.91 Å². The van der Waals surface area contributed by atoms with E-state index in [1.165, 1.54) is 6.42 Å². The van der Waals surface area contributed by atoms with Crippen molar-refractivity contribution in [1.82, 2.24) is 9.80 Å². The number of benzene rings is 2. The summed E-state index contributed by atoms with van der Waals surface area (Å²) in [6, 6.07) is 15.3. The van der Waals surface area contributed by atoms with Gasteiger partial charge in [-0.25, -0.2) is 0 Å². The summed E-state index contributed by atoms with van der Waals surface area (Å²) >= 11 is 0. The van der Waals surface area contributed by atoms with Gasteiger partial charge in [0.1, 0.15) is 0 Å². The molecule has 2 aromatic rings. The topological polar surface area (TPSA) is 55.9 Å². The van der Waals surface area contributed by atoms with E-state index < -0.39 is 0 Å². The molecule has 2 aromatic carbocycles. The minimum absolute atomic E-state index is 0.000173. The number of hydrogen-bond acceptors (Lipinski definition) is 4. The number of nitrogens with zero attached hydrogens (tertiary/aromatic N) is 3. The molecular formula is C26H34N4O2. The number of anilines is 3. The molecule has 0 aliphatic carbocycles. The van der Waals surface area contributed by atoms with Gasteiger partial charge >= 0.3 is 0 Å². The van der Waals surface area contributed by atoms with Gasteiger partial charge in [0.05, 0.1) is 29.2 Å². The Labute approximate surface area is 191 Å². The second-order valence-electron chi connectivity index (χ2n) is 9.45. The molecule has 1 unspecified atom stereocenters. The lowest BCUT2D eigenvalue weighted by atomic mass is 10.0. The van der Waals surface area contributed by atoms with Crippen molar-refractivity contribution in [2.75, 3.05) is 43.4 Å². The summed E-state index contributed by atoms with van der Waals surface area (Å²) in [6.07, 6.45) is 3.44. The third kappa shape index (κ3) is 4.87. The molecule has 2 aliphatic heterocycles. The molecule has 1 N–H and O–H groups in total. The van der Waals surface area contributed by atoms with Gasteiger partial charge in [-0.2, -0.15) is 0 Å². The Morgan fingerprint density at radius 2 is 1.81 bits per heavy atom. The first-order valence-corrected chi connectivity index (χ1v) is 11.7. The van der Waals surface area contributed by atoms with Crippen molar-refractivity contribution in [2.45, 2.75) is 39.2 Å². The zero-order valence-corrected chi connectivity index (χ0v) is 19.4. The van der Waals surface area contributed by atoms with Gasteiger partial charge < -0.3 is 10.2 Å². The lowest BCUT2D eigenvalue weighted by Gasteiger charge is -2.38. The second kappa shape index (κ2) is 9.84. The third-order valence-corrected chi connectivity index (χ3v) is 6.32. The van der Waals surface area contributed by atoms with Crippen molar-refractivity contribution >= 4 is 28.9 Å². The number of fused-ring (bicyclic) bond motifs is 2. The molecule has 170 valence electrons. The van der Waals surface area contributed by atoms with Gasteiger partial charge in [-0.15, -0.1) is 0 Å². The van der Waals surface area contributed by atoms with Crippen LogP contribution in [-0.4, -0.2) is 60.9 Å². The van der Waals surface area contributed by atoms with Crippen molar-refractivity contribution in [1.29, 1.82) is 0 Å². The lowest BCUT2D eigenvalue weighted by molar-refractivity contribution is -0.120. The van der Waals surface area contributed by atoms with E-state index in [4.69, 9.17) is 0 Å². The first-order chi connectivity index (χ1) is 15.4. The molecule has 2 amide bonds. The molecular weight excluding hydrogens is 400 g/mol. The normalized spacial score (nSPS) is 18.8. The predicted octanol–water partition coefficient (Wildman–Crippen LogP) is 4.36. The fraction of sp³-hybridized carbons (Fsp3) is 0.462. The Morgan fingerprint density at radius 1 is 1.09 bits per heavy atom. The zero-order valence-electron chi connectivity index (χ0n) is 19.4. The lowest BCUT2D eigenvalue weighted by Crippen LogP contribution is -2.50. The number of likely N-dealkylation sites (N-methyl/N-ethyl adjacent to an activating group) is 1. The summed E-state index contributed by atoms with van der Waals surface area (Å²) < 4.78 is 0. The smallest absolute Gasteiger partial charge is 0.257 e. The van der Waals surface area contributed by atoms with E-state index in [1.807, 2.05) is 42.5 Å². The van der Waals surface area contributed by atoms with E-state index in [9.17, 15) is 9.59 Å². The van der Waals surface area contributed by atoms with Gasteiger partial charge in [0, 0.05) is 19.1 Å². The minimum atomic E-state index is -0.186. The first kappa shape index (κ1) is 22.5. The molecule has 2 heterocycles. The maximum absolute atomic E-state index is 13.8. The number of carbonyl (C=O) groups excluding carboxylic acids is 2. The molecule has 1 fully saturated rings. The van der Waals surface area contributed by atoms with Gasteiger partial charge in [-0.05, 0) is 56.6 Å². The molecule has 4 rings (SSSR count). The summed E-state index contributed by atoms with van der Waals surface area (Å²) in [5, 5.41) is 2.97. The van der Waals surface area contributed by atoms with Gasteiger partial charge in [0.15, 0.2) is 0 Å². The van der Waals surface area contributed by atoms with Crippen molar-refractivity contribution < 1.29 is 9.59 Å². The van der Waals surface area contributed by atoms with E-state index in [2.05, 4.69) is 36.0 Å². The van der Waals surface area contributed by atoms with Crippen molar-refractivity contribution in [3.8, 4) is 0 Å². The van der Waals surface area contributed by atoms with Crippen molar-refractivity contribution in [3.05, 3.63) is 54.1 Å². The zero-order chi connectivity index (χ0) is 22.7. The summed E-state index contributed by atoms with van der Waals surface area (Å²) in [5.41, 5.74) is 2.55. The number of rotatable bonds is 6. The van der Waals surface area contributed by atoms with Crippen LogP contribution in [0.1, 0.15) is 43.5 Å². The fourth-order valence-corrected chi connectivity index (χ4v) is 5.00. The molecule has 0 radical (unpaired) electrons. The van der Waals surface area contributed by atoms with Crippen LogP contribution in [0.2, 0.25) is 0 Å². The highest BCUT2D eigenvalue weighted by Gasteiger charge is 2.32. The monoisotopic (exact) mass is 434 g/mol. The summed E-state index contributed by atoms with van der Waals surface area (Å²) in [6.45, 7) is 7.78. The molecule has 1 atom stereocenters. The van der Waals surface area contributed by atoms with E-state index in [1.54, 1.807) is 11.0 Å². The number of para-hydroxylation sites is 3.